The number of anilines is 2. The van der Waals surface area contributed by atoms with Crippen molar-refractivity contribution in [3.63, 3.8) is 0 Å². The number of halogens is 3. The van der Waals surface area contributed by atoms with E-state index in [0.717, 1.165) is 35.7 Å². The predicted molar refractivity (Wildman–Crippen MR) is 91.1 cm³/mol. The molecule has 0 saturated heterocycles. The maximum Gasteiger partial charge on any atom is 0.0642 e. The summed E-state index contributed by atoms with van der Waals surface area (Å²) in [5, 5.41) is 4.56. The van der Waals surface area contributed by atoms with E-state index in [1.165, 1.54) is 0 Å². The second-order valence-electron chi connectivity index (χ2n) is 4.15. The van der Waals surface area contributed by atoms with Crippen molar-refractivity contribution in [3.05, 3.63) is 56.0 Å². The van der Waals surface area contributed by atoms with Gasteiger partial charge >= 0.3 is 0 Å². The molecule has 0 spiro atoms. The Morgan fingerprint density at radius 3 is 2.32 bits per heavy atom. The number of rotatable bonds is 2. The van der Waals surface area contributed by atoms with Crippen LogP contribution in [0.1, 0.15) is 0 Å². The minimum atomic E-state index is 1.04. The van der Waals surface area contributed by atoms with E-state index in [2.05, 4.69) is 70.2 Å². The molecule has 0 unspecified atom stereocenters. The number of fused-ring (bicyclic) bond motifs is 1. The summed E-state index contributed by atoms with van der Waals surface area (Å²) in [5.74, 6) is 0. The van der Waals surface area contributed by atoms with Crippen LogP contribution in [0.5, 0.6) is 0 Å². The van der Waals surface area contributed by atoms with Crippen molar-refractivity contribution in [1.29, 1.82) is 0 Å². The van der Waals surface area contributed by atoms with Gasteiger partial charge in [-0.25, -0.2) is 0 Å². The Labute approximate surface area is 136 Å². The number of aromatic nitrogens is 1. The lowest BCUT2D eigenvalue weighted by atomic mass is 10.2. The molecule has 1 aromatic heterocycles. The maximum absolute atomic E-state index is 3.54. The highest BCUT2D eigenvalue weighted by molar-refractivity contribution is 9.13. The van der Waals surface area contributed by atoms with Crippen molar-refractivity contribution < 1.29 is 0 Å². The second kappa shape index (κ2) is 5.31. The Balaban J connectivity index is 2.01. The van der Waals surface area contributed by atoms with Gasteiger partial charge in [-0.3, -0.25) is 0 Å². The third kappa shape index (κ3) is 2.73. The Hall–Kier alpha value is -0.780. The predicted octanol–water partition coefficient (Wildman–Crippen LogP) is 6.20. The van der Waals surface area contributed by atoms with Crippen molar-refractivity contribution in [1.82, 2.24) is 4.98 Å². The zero-order valence-corrected chi connectivity index (χ0v) is 14.4. The Kier molecular flexibility index (Phi) is 3.69. The van der Waals surface area contributed by atoms with Gasteiger partial charge in [0.2, 0.25) is 0 Å². The molecule has 0 radical (unpaired) electrons. The molecule has 3 aromatic rings. The zero-order valence-electron chi connectivity index (χ0n) is 9.68. The smallest absolute Gasteiger partial charge is 0.0642 e. The molecule has 2 aromatic carbocycles. The molecule has 1 heterocycles. The van der Waals surface area contributed by atoms with Gasteiger partial charge < -0.3 is 10.3 Å². The van der Waals surface area contributed by atoms with E-state index in [4.69, 9.17) is 0 Å². The number of aromatic amines is 1. The molecule has 0 bridgehead atoms. The van der Waals surface area contributed by atoms with E-state index in [-0.39, 0.29) is 0 Å². The monoisotopic (exact) mass is 442 g/mol. The minimum absolute atomic E-state index is 1.04. The average molecular weight is 445 g/mol. The molecule has 2 N–H and O–H groups in total. The molecule has 0 aliphatic heterocycles. The van der Waals surface area contributed by atoms with Gasteiger partial charge in [-0.05, 0) is 68.3 Å². The summed E-state index contributed by atoms with van der Waals surface area (Å²) in [6.45, 7) is 0. The third-order valence-corrected chi connectivity index (χ3v) is 5.22. The van der Waals surface area contributed by atoms with Gasteiger partial charge in [0.05, 0.1) is 5.69 Å². The number of H-pyrrole nitrogens is 1. The highest BCUT2D eigenvalue weighted by Crippen LogP contribution is 2.33. The van der Waals surface area contributed by atoms with E-state index in [0.29, 0.717) is 0 Å². The molecular weight excluding hydrogens is 436 g/mol. The minimum Gasteiger partial charge on any atom is -0.359 e. The summed E-state index contributed by atoms with van der Waals surface area (Å²) in [6.07, 6.45) is 1.98. The summed E-state index contributed by atoms with van der Waals surface area (Å²) >= 11 is 10.5. The van der Waals surface area contributed by atoms with Gasteiger partial charge in [-0.15, -0.1) is 0 Å². The molecule has 0 atom stereocenters. The maximum atomic E-state index is 3.54. The number of hydrogen-bond donors (Lipinski definition) is 2. The van der Waals surface area contributed by atoms with Gasteiger partial charge in [-0.2, -0.15) is 0 Å². The summed E-state index contributed by atoms with van der Waals surface area (Å²) in [6, 6.07) is 12.3. The molecule has 0 aliphatic carbocycles. The second-order valence-corrected chi connectivity index (χ2v) is 6.77. The van der Waals surface area contributed by atoms with Crippen LogP contribution in [-0.2, 0) is 0 Å². The molecule has 2 nitrogen and oxygen atoms in total. The first-order valence-corrected chi connectivity index (χ1v) is 8.00. The molecule has 0 aliphatic rings. The fraction of sp³-hybridized carbons (Fsp3) is 0. The van der Waals surface area contributed by atoms with Gasteiger partial charge in [0.1, 0.15) is 0 Å². The van der Waals surface area contributed by atoms with Crippen molar-refractivity contribution in [2.75, 3.05) is 5.32 Å². The van der Waals surface area contributed by atoms with Crippen molar-refractivity contribution in [3.8, 4) is 0 Å². The van der Waals surface area contributed by atoms with Crippen molar-refractivity contribution in [2.45, 2.75) is 0 Å². The van der Waals surface area contributed by atoms with Gasteiger partial charge in [0.25, 0.3) is 0 Å². The Bertz CT molecular complexity index is 732. The fourth-order valence-corrected chi connectivity index (χ4v) is 2.86. The average Bonchev–Trinajstić information content (AvgIpc) is 2.76. The van der Waals surface area contributed by atoms with E-state index in [1.54, 1.807) is 0 Å². The van der Waals surface area contributed by atoms with E-state index in [9.17, 15) is 0 Å². The quantitative estimate of drug-likeness (QED) is 0.484. The van der Waals surface area contributed by atoms with Crippen LogP contribution < -0.4 is 5.32 Å². The number of benzene rings is 2. The van der Waals surface area contributed by atoms with E-state index in [1.807, 2.05) is 30.5 Å². The number of hydrogen-bond acceptors (Lipinski definition) is 1. The van der Waals surface area contributed by atoms with E-state index < -0.39 is 0 Å². The first-order chi connectivity index (χ1) is 9.13. The highest BCUT2D eigenvalue weighted by Gasteiger charge is 2.07. The lowest BCUT2D eigenvalue weighted by Crippen LogP contribution is -1.88. The summed E-state index contributed by atoms with van der Waals surface area (Å²) in [4.78, 5) is 3.27. The van der Waals surface area contributed by atoms with Crippen LogP contribution in [0.25, 0.3) is 10.9 Å². The van der Waals surface area contributed by atoms with Crippen LogP contribution in [0.2, 0.25) is 0 Å². The van der Waals surface area contributed by atoms with Gasteiger partial charge in [-0.1, -0.05) is 15.9 Å². The van der Waals surface area contributed by atoms with Crippen molar-refractivity contribution in [2.24, 2.45) is 0 Å². The molecule has 0 fully saturated rings. The summed E-state index contributed by atoms with van der Waals surface area (Å²) in [5.41, 5.74) is 3.21. The standard InChI is InChI=1S/C14H9Br3N2/c15-8-1-3-9(4-2-8)19-14-7-18-13-6-12(17)11(16)5-10(13)14/h1-7,18-19H. The van der Waals surface area contributed by atoms with Crippen LogP contribution in [0.4, 0.5) is 11.4 Å². The fourth-order valence-electron chi connectivity index (χ4n) is 1.91. The van der Waals surface area contributed by atoms with Gasteiger partial charge in [0, 0.05) is 36.2 Å². The molecule has 5 heteroatoms. The molecule has 3 rings (SSSR count). The van der Waals surface area contributed by atoms with Crippen LogP contribution in [-0.4, -0.2) is 4.98 Å². The number of nitrogens with one attached hydrogen (secondary N) is 2. The normalized spacial score (nSPS) is 10.9. The van der Waals surface area contributed by atoms with Crippen molar-refractivity contribution >= 4 is 70.1 Å². The summed E-state index contributed by atoms with van der Waals surface area (Å²) in [7, 11) is 0. The van der Waals surface area contributed by atoms with Crippen LogP contribution in [0, 0.1) is 0 Å². The lowest BCUT2D eigenvalue weighted by molar-refractivity contribution is 1.46. The van der Waals surface area contributed by atoms with Crippen LogP contribution in [0.3, 0.4) is 0 Å². The van der Waals surface area contributed by atoms with E-state index >= 15 is 0 Å². The highest BCUT2D eigenvalue weighted by atomic mass is 79.9. The largest absolute Gasteiger partial charge is 0.359 e. The first kappa shape index (κ1) is 13.2. The first-order valence-electron chi connectivity index (χ1n) is 5.62. The van der Waals surface area contributed by atoms with Gasteiger partial charge in [0.15, 0.2) is 0 Å². The Morgan fingerprint density at radius 1 is 0.895 bits per heavy atom. The topological polar surface area (TPSA) is 27.8 Å². The molecular formula is C14H9Br3N2. The SMILES string of the molecule is Brc1ccc(Nc2c[nH]c3cc(Br)c(Br)cc23)cc1. The molecule has 0 amide bonds. The van der Waals surface area contributed by atoms with Crippen LogP contribution >= 0.6 is 47.8 Å². The summed E-state index contributed by atoms with van der Waals surface area (Å²) < 4.78 is 3.15. The molecule has 96 valence electrons. The lowest BCUT2D eigenvalue weighted by Gasteiger charge is -2.05. The zero-order chi connectivity index (χ0) is 13.4. The Morgan fingerprint density at radius 2 is 1.58 bits per heavy atom. The molecule has 0 saturated carbocycles. The molecule has 19 heavy (non-hydrogen) atoms. The third-order valence-electron chi connectivity index (χ3n) is 2.85. The van der Waals surface area contributed by atoms with Crippen LogP contribution in [0.15, 0.2) is 56.0 Å².